The number of fused-ring (bicyclic) bond motifs is 1. The standard InChI is InChI=1S/C21H19ClFN3O4S/c1-13-10-17(16-11-14(23)2-5-19(16)24-13)21(27)25-20-12-15(3-4-18(20)22)31(28,29)26-6-8-30-9-7-26/h2-5,10-12H,6-9H2,1H3,(H,25,27). The molecule has 10 heteroatoms. The van der Waals surface area contributed by atoms with E-state index < -0.39 is 21.7 Å². The lowest BCUT2D eigenvalue weighted by molar-refractivity contribution is 0.0730. The van der Waals surface area contributed by atoms with Gasteiger partial charge in [0.2, 0.25) is 10.0 Å². The van der Waals surface area contributed by atoms with Crippen LogP contribution in [0.3, 0.4) is 0 Å². The zero-order chi connectivity index (χ0) is 22.2. The number of pyridine rings is 1. The number of aryl methyl sites for hydroxylation is 1. The number of benzene rings is 2. The molecule has 4 rings (SSSR count). The Bertz CT molecular complexity index is 1280. The number of sulfonamides is 1. The molecular weight excluding hydrogens is 445 g/mol. The van der Waals surface area contributed by atoms with E-state index in [4.69, 9.17) is 16.3 Å². The van der Waals surface area contributed by atoms with Gasteiger partial charge in [-0.15, -0.1) is 0 Å². The highest BCUT2D eigenvalue weighted by molar-refractivity contribution is 7.89. The van der Waals surface area contributed by atoms with Crippen molar-refractivity contribution in [1.29, 1.82) is 0 Å². The second-order valence-corrected chi connectivity index (χ2v) is 9.43. The minimum absolute atomic E-state index is 0.0101. The molecule has 0 bridgehead atoms. The van der Waals surface area contributed by atoms with Crippen molar-refractivity contribution in [2.75, 3.05) is 31.6 Å². The third kappa shape index (κ3) is 4.40. The third-order valence-electron chi connectivity index (χ3n) is 4.94. The lowest BCUT2D eigenvalue weighted by atomic mass is 10.1. The fourth-order valence-electron chi connectivity index (χ4n) is 3.40. The average molecular weight is 464 g/mol. The van der Waals surface area contributed by atoms with Gasteiger partial charge < -0.3 is 10.1 Å². The van der Waals surface area contributed by atoms with E-state index >= 15 is 0 Å². The average Bonchev–Trinajstić information content (AvgIpc) is 2.75. The second-order valence-electron chi connectivity index (χ2n) is 7.08. The topological polar surface area (TPSA) is 88.6 Å². The number of nitrogens with zero attached hydrogens (tertiary/aromatic N) is 2. The Balaban J connectivity index is 1.69. The Morgan fingerprint density at radius 3 is 2.65 bits per heavy atom. The SMILES string of the molecule is Cc1cc(C(=O)Nc2cc(S(=O)(=O)N3CCOCC3)ccc2Cl)c2cc(F)ccc2n1. The molecule has 2 aromatic carbocycles. The fourth-order valence-corrected chi connectivity index (χ4v) is 5.00. The Labute approximate surface area is 183 Å². The lowest BCUT2D eigenvalue weighted by Crippen LogP contribution is -2.40. The van der Waals surface area contributed by atoms with Crippen LogP contribution in [0.5, 0.6) is 0 Å². The van der Waals surface area contributed by atoms with Crippen LogP contribution in [0.1, 0.15) is 16.1 Å². The number of hydrogen-bond donors (Lipinski definition) is 1. The number of anilines is 1. The van der Waals surface area contributed by atoms with Crippen molar-refractivity contribution < 1.29 is 22.3 Å². The molecule has 1 aromatic heterocycles. The molecule has 0 unspecified atom stereocenters. The Morgan fingerprint density at radius 2 is 1.90 bits per heavy atom. The molecule has 162 valence electrons. The van der Waals surface area contributed by atoms with Crippen LogP contribution in [0, 0.1) is 12.7 Å². The van der Waals surface area contributed by atoms with Crippen molar-refractivity contribution >= 4 is 44.1 Å². The first-order valence-electron chi connectivity index (χ1n) is 9.51. The molecule has 1 N–H and O–H groups in total. The van der Waals surface area contributed by atoms with Crippen molar-refractivity contribution in [3.8, 4) is 0 Å². The van der Waals surface area contributed by atoms with Crippen LogP contribution in [-0.4, -0.2) is 49.9 Å². The van der Waals surface area contributed by atoms with E-state index in [1.54, 1.807) is 13.0 Å². The maximum atomic E-state index is 13.8. The van der Waals surface area contributed by atoms with Crippen LogP contribution in [0.25, 0.3) is 10.9 Å². The highest BCUT2D eigenvalue weighted by atomic mass is 35.5. The van der Waals surface area contributed by atoms with Crippen LogP contribution >= 0.6 is 11.6 Å². The van der Waals surface area contributed by atoms with Gasteiger partial charge in [0.1, 0.15) is 5.82 Å². The molecule has 0 atom stereocenters. The highest BCUT2D eigenvalue weighted by Crippen LogP contribution is 2.29. The molecule has 1 aliphatic rings. The zero-order valence-corrected chi connectivity index (χ0v) is 18.1. The Kier molecular flexibility index (Phi) is 5.94. The summed E-state index contributed by atoms with van der Waals surface area (Å²) in [7, 11) is -3.76. The van der Waals surface area contributed by atoms with Crippen molar-refractivity contribution in [2.45, 2.75) is 11.8 Å². The van der Waals surface area contributed by atoms with Crippen molar-refractivity contribution in [1.82, 2.24) is 9.29 Å². The van der Waals surface area contributed by atoms with Gasteiger partial charge in [0, 0.05) is 24.2 Å². The first kappa shape index (κ1) is 21.6. The van der Waals surface area contributed by atoms with Crippen LogP contribution < -0.4 is 5.32 Å². The van der Waals surface area contributed by atoms with Crippen LogP contribution in [0.2, 0.25) is 5.02 Å². The molecule has 1 amide bonds. The van der Waals surface area contributed by atoms with Gasteiger partial charge in [0.05, 0.1) is 39.9 Å². The minimum Gasteiger partial charge on any atom is -0.379 e. The molecule has 0 aliphatic carbocycles. The van der Waals surface area contributed by atoms with Crippen LogP contribution in [0.15, 0.2) is 47.4 Å². The predicted octanol–water partition coefficient (Wildman–Crippen LogP) is 3.61. The molecule has 7 nitrogen and oxygen atoms in total. The summed E-state index contributed by atoms with van der Waals surface area (Å²) in [5.41, 5.74) is 1.40. The summed E-state index contributed by atoms with van der Waals surface area (Å²) < 4.78 is 46.2. The summed E-state index contributed by atoms with van der Waals surface area (Å²) in [4.78, 5) is 17.3. The number of halogens is 2. The van der Waals surface area contributed by atoms with E-state index in [0.29, 0.717) is 29.8 Å². The molecule has 0 spiro atoms. The van der Waals surface area contributed by atoms with E-state index in [1.165, 1.54) is 40.7 Å². The highest BCUT2D eigenvalue weighted by Gasteiger charge is 2.27. The largest absolute Gasteiger partial charge is 0.379 e. The van der Waals surface area contributed by atoms with E-state index in [1.807, 2.05) is 0 Å². The van der Waals surface area contributed by atoms with Gasteiger partial charge in [-0.1, -0.05) is 11.6 Å². The van der Waals surface area contributed by atoms with E-state index in [2.05, 4.69) is 10.3 Å². The summed E-state index contributed by atoms with van der Waals surface area (Å²) in [5, 5.41) is 3.17. The van der Waals surface area contributed by atoms with Crippen LogP contribution in [0.4, 0.5) is 10.1 Å². The molecule has 3 aromatic rings. The third-order valence-corrected chi connectivity index (χ3v) is 7.16. The second kappa shape index (κ2) is 8.51. The van der Waals surface area contributed by atoms with E-state index in [-0.39, 0.29) is 34.3 Å². The summed E-state index contributed by atoms with van der Waals surface area (Å²) in [5.74, 6) is -1.05. The predicted molar refractivity (Wildman–Crippen MR) is 115 cm³/mol. The zero-order valence-electron chi connectivity index (χ0n) is 16.6. The summed E-state index contributed by atoms with van der Waals surface area (Å²) in [6.45, 7) is 2.87. The van der Waals surface area contributed by atoms with Gasteiger partial charge in [-0.3, -0.25) is 9.78 Å². The smallest absolute Gasteiger partial charge is 0.256 e. The number of carbonyl (C=O) groups is 1. The van der Waals surface area contributed by atoms with Crippen LogP contribution in [-0.2, 0) is 14.8 Å². The fraction of sp³-hybridized carbons (Fsp3) is 0.238. The van der Waals surface area contributed by atoms with Crippen molar-refractivity contribution in [3.63, 3.8) is 0 Å². The number of morpholine rings is 1. The van der Waals surface area contributed by atoms with Gasteiger partial charge in [-0.2, -0.15) is 4.31 Å². The van der Waals surface area contributed by atoms with Gasteiger partial charge in [0.15, 0.2) is 0 Å². The molecule has 1 saturated heterocycles. The Hall–Kier alpha value is -2.59. The molecule has 1 fully saturated rings. The first-order chi connectivity index (χ1) is 14.8. The van der Waals surface area contributed by atoms with Crippen molar-refractivity contribution in [3.05, 3.63) is 64.6 Å². The Morgan fingerprint density at radius 1 is 1.16 bits per heavy atom. The normalized spacial score (nSPS) is 15.2. The lowest BCUT2D eigenvalue weighted by Gasteiger charge is -2.26. The number of ether oxygens (including phenoxy) is 1. The molecule has 2 heterocycles. The summed E-state index contributed by atoms with van der Waals surface area (Å²) in [6, 6.07) is 9.67. The van der Waals surface area contributed by atoms with E-state index in [9.17, 15) is 17.6 Å². The molecule has 1 aliphatic heterocycles. The number of aromatic nitrogens is 1. The molecular formula is C21H19ClFN3O4S. The number of rotatable bonds is 4. The summed E-state index contributed by atoms with van der Waals surface area (Å²) in [6.07, 6.45) is 0. The number of nitrogens with one attached hydrogen (secondary N) is 1. The monoisotopic (exact) mass is 463 g/mol. The van der Waals surface area contributed by atoms with Gasteiger partial charge in [-0.25, -0.2) is 12.8 Å². The van der Waals surface area contributed by atoms with Gasteiger partial charge >= 0.3 is 0 Å². The van der Waals surface area contributed by atoms with Crippen molar-refractivity contribution in [2.24, 2.45) is 0 Å². The minimum atomic E-state index is -3.76. The van der Waals surface area contributed by atoms with E-state index in [0.717, 1.165) is 0 Å². The van der Waals surface area contributed by atoms with Gasteiger partial charge in [-0.05, 0) is 49.4 Å². The number of carbonyl (C=O) groups excluding carboxylic acids is 1. The molecule has 0 saturated carbocycles. The first-order valence-corrected chi connectivity index (χ1v) is 11.3. The maximum absolute atomic E-state index is 13.8. The quantitative estimate of drug-likeness (QED) is 0.638. The number of hydrogen-bond acceptors (Lipinski definition) is 5. The molecule has 0 radical (unpaired) electrons. The number of amides is 1. The maximum Gasteiger partial charge on any atom is 0.256 e. The molecule has 31 heavy (non-hydrogen) atoms. The van der Waals surface area contributed by atoms with Gasteiger partial charge in [0.25, 0.3) is 5.91 Å². The summed E-state index contributed by atoms with van der Waals surface area (Å²) >= 11 is 6.22.